The zero-order chi connectivity index (χ0) is 19.2. The molecule has 3 aromatic rings. The molecule has 0 aliphatic rings. The second-order valence-electron chi connectivity index (χ2n) is 5.50. The quantitative estimate of drug-likeness (QED) is 0.321. The summed E-state index contributed by atoms with van der Waals surface area (Å²) in [4.78, 5) is 34.4. The van der Waals surface area contributed by atoms with Gasteiger partial charge in [0.15, 0.2) is 0 Å². The van der Waals surface area contributed by atoms with Gasteiger partial charge in [-0.3, -0.25) is 19.7 Å². The van der Waals surface area contributed by atoms with Crippen LogP contribution in [-0.4, -0.2) is 23.0 Å². The third kappa shape index (κ3) is 4.13. The minimum atomic E-state index is -0.988. The zero-order valence-electron chi connectivity index (χ0n) is 14.0. The number of para-hydroxylation sites is 1. The van der Waals surface area contributed by atoms with E-state index in [2.05, 4.69) is 15.8 Å². The Bertz CT molecular complexity index is 1060. The second-order valence-corrected chi connectivity index (χ2v) is 5.50. The van der Waals surface area contributed by atoms with Crippen LogP contribution in [0, 0.1) is 10.1 Å². The Hall–Kier alpha value is -4.07. The lowest BCUT2D eigenvalue weighted by Crippen LogP contribution is -2.32. The molecule has 0 unspecified atom stereocenters. The first-order valence-electron chi connectivity index (χ1n) is 7.92. The van der Waals surface area contributed by atoms with Crippen LogP contribution in [0.3, 0.4) is 0 Å². The highest BCUT2D eigenvalue weighted by atomic mass is 16.6. The molecule has 2 amide bonds. The Kier molecular flexibility index (Phi) is 5.17. The Labute approximate surface area is 153 Å². The third-order valence-electron chi connectivity index (χ3n) is 3.75. The van der Waals surface area contributed by atoms with Crippen molar-refractivity contribution >= 4 is 40.2 Å². The van der Waals surface area contributed by atoms with E-state index in [1.807, 2.05) is 30.3 Å². The predicted octanol–water partition coefficient (Wildman–Crippen LogP) is 2.84. The number of carbonyl (C=O) groups is 2. The number of anilines is 1. The standard InChI is InChI=1S/C19H14N4O4/c24-18(21-16-10-5-8-13-6-1-3-9-15(13)16)19(25)22-20-12-14-7-2-4-11-17(14)23(26)27/h1-12H,(H,21,24)(H,22,25)/b20-12+. The smallest absolute Gasteiger partial charge is 0.317 e. The summed E-state index contributed by atoms with van der Waals surface area (Å²) in [5, 5.41) is 18.8. The van der Waals surface area contributed by atoms with Gasteiger partial charge in [-0.2, -0.15) is 5.10 Å². The Morgan fingerprint density at radius 2 is 1.63 bits per heavy atom. The maximum absolute atomic E-state index is 12.1. The van der Waals surface area contributed by atoms with Crippen LogP contribution in [0.25, 0.3) is 10.8 Å². The summed E-state index contributed by atoms with van der Waals surface area (Å²) in [5.41, 5.74) is 2.61. The molecule has 0 spiro atoms. The average Bonchev–Trinajstić information content (AvgIpc) is 2.68. The number of hydrogen-bond acceptors (Lipinski definition) is 5. The highest BCUT2D eigenvalue weighted by Crippen LogP contribution is 2.22. The van der Waals surface area contributed by atoms with E-state index in [4.69, 9.17) is 0 Å². The molecule has 0 atom stereocenters. The molecule has 8 nitrogen and oxygen atoms in total. The number of fused-ring (bicyclic) bond motifs is 1. The van der Waals surface area contributed by atoms with Gasteiger partial charge in [0, 0.05) is 17.1 Å². The number of nitro benzene ring substituents is 1. The van der Waals surface area contributed by atoms with Gasteiger partial charge in [0.1, 0.15) is 0 Å². The maximum atomic E-state index is 12.1. The normalized spacial score (nSPS) is 10.7. The molecular weight excluding hydrogens is 348 g/mol. The molecule has 0 saturated heterocycles. The number of benzene rings is 3. The minimum absolute atomic E-state index is 0.157. The minimum Gasteiger partial charge on any atom is -0.317 e. The number of nitro groups is 1. The molecule has 0 fully saturated rings. The van der Waals surface area contributed by atoms with E-state index >= 15 is 0 Å². The molecule has 0 aromatic heterocycles. The van der Waals surface area contributed by atoms with Gasteiger partial charge < -0.3 is 5.32 Å². The van der Waals surface area contributed by atoms with Crippen molar-refractivity contribution in [3.63, 3.8) is 0 Å². The van der Waals surface area contributed by atoms with Gasteiger partial charge in [-0.25, -0.2) is 5.43 Å². The molecule has 27 heavy (non-hydrogen) atoms. The summed E-state index contributed by atoms with van der Waals surface area (Å²) < 4.78 is 0. The first-order valence-corrected chi connectivity index (χ1v) is 7.92. The molecule has 0 saturated carbocycles. The lowest BCUT2D eigenvalue weighted by molar-refractivity contribution is -0.385. The number of rotatable bonds is 4. The summed E-state index contributed by atoms with van der Waals surface area (Å²) in [6.07, 6.45) is 1.11. The van der Waals surface area contributed by atoms with Crippen LogP contribution in [0.1, 0.15) is 5.56 Å². The molecule has 0 aliphatic carbocycles. The molecule has 134 valence electrons. The highest BCUT2D eigenvalue weighted by molar-refractivity contribution is 6.40. The van der Waals surface area contributed by atoms with Gasteiger partial charge >= 0.3 is 11.8 Å². The first-order chi connectivity index (χ1) is 13.1. The van der Waals surface area contributed by atoms with Crippen molar-refractivity contribution in [2.75, 3.05) is 5.32 Å². The lowest BCUT2D eigenvalue weighted by Gasteiger charge is -2.07. The van der Waals surface area contributed by atoms with E-state index in [1.165, 1.54) is 18.2 Å². The number of nitrogens with zero attached hydrogens (tertiary/aromatic N) is 2. The van der Waals surface area contributed by atoms with Gasteiger partial charge in [0.2, 0.25) is 0 Å². The van der Waals surface area contributed by atoms with Crippen LogP contribution in [0.2, 0.25) is 0 Å². The summed E-state index contributed by atoms with van der Waals surface area (Å²) >= 11 is 0. The summed E-state index contributed by atoms with van der Waals surface area (Å²) in [6.45, 7) is 0. The molecule has 0 bridgehead atoms. The van der Waals surface area contributed by atoms with Crippen LogP contribution in [0.5, 0.6) is 0 Å². The van der Waals surface area contributed by atoms with Gasteiger partial charge in [-0.1, -0.05) is 48.5 Å². The molecule has 3 rings (SSSR count). The SMILES string of the molecule is O=C(N/N=C/c1ccccc1[N+](=O)[O-])C(=O)Nc1cccc2ccccc12. The van der Waals surface area contributed by atoms with Crippen LogP contribution in [-0.2, 0) is 9.59 Å². The Balaban J connectivity index is 1.68. The van der Waals surface area contributed by atoms with Crippen molar-refractivity contribution in [3.05, 3.63) is 82.4 Å². The van der Waals surface area contributed by atoms with Gasteiger partial charge in [-0.15, -0.1) is 0 Å². The van der Waals surface area contributed by atoms with Crippen molar-refractivity contribution < 1.29 is 14.5 Å². The summed E-state index contributed by atoms with van der Waals surface area (Å²) in [7, 11) is 0. The van der Waals surface area contributed by atoms with E-state index in [0.29, 0.717) is 5.69 Å². The van der Waals surface area contributed by atoms with Crippen LogP contribution in [0.15, 0.2) is 71.8 Å². The van der Waals surface area contributed by atoms with Crippen LogP contribution >= 0.6 is 0 Å². The summed E-state index contributed by atoms with van der Waals surface area (Å²) in [6, 6.07) is 18.7. The molecule has 3 aromatic carbocycles. The highest BCUT2D eigenvalue weighted by Gasteiger charge is 2.15. The monoisotopic (exact) mass is 362 g/mol. The van der Waals surface area contributed by atoms with E-state index in [1.54, 1.807) is 18.2 Å². The third-order valence-corrected chi connectivity index (χ3v) is 3.75. The van der Waals surface area contributed by atoms with Crippen molar-refractivity contribution in [3.8, 4) is 0 Å². The molecule has 0 heterocycles. The fourth-order valence-electron chi connectivity index (χ4n) is 2.49. The Morgan fingerprint density at radius 1 is 0.926 bits per heavy atom. The van der Waals surface area contributed by atoms with Crippen molar-refractivity contribution in [2.45, 2.75) is 0 Å². The van der Waals surface area contributed by atoms with Crippen LogP contribution in [0.4, 0.5) is 11.4 Å². The Morgan fingerprint density at radius 3 is 2.44 bits per heavy atom. The van der Waals surface area contributed by atoms with Crippen molar-refractivity contribution in [2.24, 2.45) is 5.10 Å². The van der Waals surface area contributed by atoms with Crippen molar-refractivity contribution in [1.29, 1.82) is 0 Å². The summed E-state index contributed by atoms with van der Waals surface area (Å²) in [5.74, 6) is -1.89. The van der Waals surface area contributed by atoms with Crippen molar-refractivity contribution in [1.82, 2.24) is 5.43 Å². The van der Waals surface area contributed by atoms with E-state index in [0.717, 1.165) is 17.0 Å². The number of carbonyl (C=O) groups excluding carboxylic acids is 2. The fourth-order valence-corrected chi connectivity index (χ4v) is 2.49. The number of nitrogens with one attached hydrogen (secondary N) is 2. The maximum Gasteiger partial charge on any atom is 0.329 e. The fraction of sp³-hybridized carbons (Fsp3) is 0. The largest absolute Gasteiger partial charge is 0.329 e. The predicted molar refractivity (Wildman–Crippen MR) is 101 cm³/mol. The average molecular weight is 362 g/mol. The van der Waals surface area contributed by atoms with E-state index in [-0.39, 0.29) is 11.3 Å². The second kappa shape index (κ2) is 7.87. The zero-order valence-corrected chi connectivity index (χ0v) is 14.0. The van der Waals surface area contributed by atoms with Crippen LogP contribution < -0.4 is 10.7 Å². The van der Waals surface area contributed by atoms with Gasteiger partial charge in [-0.05, 0) is 17.5 Å². The topological polar surface area (TPSA) is 114 Å². The van der Waals surface area contributed by atoms with Gasteiger partial charge in [0.05, 0.1) is 16.7 Å². The van der Waals surface area contributed by atoms with E-state index in [9.17, 15) is 19.7 Å². The molecular formula is C19H14N4O4. The number of amides is 2. The first kappa shape index (κ1) is 17.7. The lowest BCUT2D eigenvalue weighted by atomic mass is 10.1. The van der Waals surface area contributed by atoms with E-state index < -0.39 is 16.7 Å². The molecule has 0 aliphatic heterocycles. The molecule has 0 radical (unpaired) electrons. The molecule has 2 N–H and O–H groups in total. The molecule has 8 heteroatoms. The number of hydrogen-bond donors (Lipinski definition) is 2. The van der Waals surface area contributed by atoms with Gasteiger partial charge in [0.25, 0.3) is 5.69 Å². The number of hydrazone groups is 1.